The van der Waals surface area contributed by atoms with E-state index < -0.39 is 17.6 Å². The predicted molar refractivity (Wildman–Crippen MR) is 65.6 cm³/mol. The molecule has 2 nitrogen and oxygen atoms in total. The number of fused-ring (bicyclic) bond motifs is 1. The Morgan fingerprint density at radius 2 is 1.70 bits per heavy atom. The molecule has 0 N–H and O–H groups in total. The molecular formula is C14H8F4N2. The maximum absolute atomic E-state index is 13.6. The van der Waals surface area contributed by atoms with Gasteiger partial charge < -0.3 is 4.40 Å². The molecule has 0 aliphatic rings. The van der Waals surface area contributed by atoms with Crippen LogP contribution >= 0.6 is 0 Å². The van der Waals surface area contributed by atoms with Gasteiger partial charge in [-0.25, -0.2) is 9.37 Å². The second kappa shape index (κ2) is 4.33. The summed E-state index contributed by atoms with van der Waals surface area (Å²) in [7, 11) is 0. The van der Waals surface area contributed by atoms with Gasteiger partial charge in [0.05, 0.1) is 11.3 Å². The largest absolute Gasteiger partial charge is 0.417 e. The van der Waals surface area contributed by atoms with E-state index in [2.05, 4.69) is 4.98 Å². The van der Waals surface area contributed by atoms with E-state index in [1.807, 2.05) is 0 Å². The third-order valence-electron chi connectivity index (χ3n) is 2.93. The Hall–Kier alpha value is -2.37. The summed E-state index contributed by atoms with van der Waals surface area (Å²) < 4.78 is 52.7. The number of alkyl halides is 3. The lowest BCUT2D eigenvalue weighted by Crippen LogP contribution is -2.05. The van der Waals surface area contributed by atoms with Gasteiger partial charge in [0, 0.05) is 18.0 Å². The van der Waals surface area contributed by atoms with Crippen LogP contribution in [0, 0.1) is 5.82 Å². The van der Waals surface area contributed by atoms with Crippen LogP contribution in [0.3, 0.4) is 0 Å². The summed E-state index contributed by atoms with van der Waals surface area (Å²) >= 11 is 0. The lowest BCUT2D eigenvalue weighted by Gasteiger charge is -2.05. The summed E-state index contributed by atoms with van der Waals surface area (Å²) in [6.45, 7) is 0. The van der Waals surface area contributed by atoms with E-state index in [4.69, 9.17) is 0 Å². The van der Waals surface area contributed by atoms with Gasteiger partial charge in [-0.2, -0.15) is 13.2 Å². The topological polar surface area (TPSA) is 17.3 Å². The standard InChI is InChI=1S/C14H8F4N2/c15-11-4-2-1-3-10(11)12-8-20-7-9(14(16,17)18)5-6-13(20)19-12/h1-8H. The molecule has 0 bridgehead atoms. The SMILES string of the molecule is Fc1ccccc1-c1cn2cc(C(F)(F)F)ccc2n1. The molecule has 3 aromatic rings. The van der Waals surface area contributed by atoms with E-state index in [1.165, 1.54) is 34.9 Å². The molecule has 0 fully saturated rings. The van der Waals surface area contributed by atoms with Crippen molar-refractivity contribution in [2.24, 2.45) is 0 Å². The minimum absolute atomic E-state index is 0.254. The van der Waals surface area contributed by atoms with E-state index in [0.717, 1.165) is 12.3 Å². The van der Waals surface area contributed by atoms with Crippen molar-refractivity contribution < 1.29 is 17.6 Å². The van der Waals surface area contributed by atoms with Crippen LogP contribution in [0.4, 0.5) is 17.6 Å². The first-order chi connectivity index (χ1) is 9.45. The van der Waals surface area contributed by atoms with Crippen LogP contribution in [0.5, 0.6) is 0 Å². The van der Waals surface area contributed by atoms with Crippen LogP contribution in [0.2, 0.25) is 0 Å². The van der Waals surface area contributed by atoms with Crippen LogP contribution in [0.15, 0.2) is 48.8 Å². The van der Waals surface area contributed by atoms with Crippen molar-refractivity contribution in [3.63, 3.8) is 0 Å². The molecule has 0 atom stereocenters. The minimum Gasteiger partial charge on any atom is -0.306 e. The Kier molecular flexibility index (Phi) is 2.74. The second-order valence-corrected chi connectivity index (χ2v) is 4.29. The molecule has 0 unspecified atom stereocenters. The molecule has 0 saturated carbocycles. The molecule has 1 aromatic carbocycles. The van der Waals surface area contributed by atoms with Crippen molar-refractivity contribution in [1.29, 1.82) is 0 Å². The predicted octanol–water partition coefficient (Wildman–Crippen LogP) is 4.16. The first-order valence-corrected chi connectivity index (χ1v) is 5.76. The quantitative estimate of drug-likeness (QED) is 0.612. The highest BCUT2D eigenvalue weighted by molar-refractivity contribution is 5.63. The molecule has 0 aliphatic heterocycles. The van der Waals surface area contributed by atoms with E-state index in [-0.39, 0.29) is 5.56 Å². The maximum atomic E-state index is 13.6. The Bertz CT molecular complexity index is 774. The number of imidazole rings is 1. The van der Waals surface area contributed by atoms with Gasteiger partial charge in [-0.3, -0.25) is 0 Å². The van der Waals surface area contributed by atoms with Gasteiger partial charge in [0.1, 0.15) is 11.5 Å². The molecule has 0 saturated heterocycles. The Balaban J connectivity index is 2.14. The molecule has 2 heterocycles. The Labute approximate surface area is 111 Å². The molecule has 0 aliphatic carbocycles. The summed E-state index contributed by atoms with van der Waals surface area (Å²) in [5.41, 5.74) is 0.103. The molecule has 0 spiro atoms. The zero-order valence-corrected chi connectivity index (χ0v) is 10.0. The summed E-state index contributed by atoms with van der Waals surface area (Å²) in [5, 5.41) is 0. The first-order valence-electron chi connectivity index (χ1n) is 5.76. The summed E-state index contributed by atoms with van der Waals surface area (Å²) in [6, 6.07) is 8.20. The fourth-order valence-electron chi connectivity index (χ4n) is 1.96. The van der Waals surface area contributed by atoms with Gasteiger partial charge in [-0.05, 0) is 24.3 Å². The summed E-state index contributed by atoms with van der Waals surface area (Å²) in [5.74, 6) is -0.466. The van der Waals surface area contributed by atoms with Crippen molar-refractivity contribution in [1.82, 2.24) is 9.38 Å². The summed E-state index contributed by atoms with van der Waals surface area (Å²) in [4.78, 5) is 4.12. The highest BCUT2D eigenvalue weighted by Gasteiger charge is 2.30. The van der Waals surface area contributed by atoms with E-state index in [1.54, 1.807) is 6.07 Å². The summed E-state index contributed by atoms with van der Waals surface area (Å²) in [6.07, 6.45) is -2.10. The number of aromatic nitrogens is 2. The van der Waals surface area contributed by atoms with Crippen LogP contribution in [-0.4, -0.2) is 9.38 Å². The lowest BCUT2D eigenvalue weighted by molar-refractivity contribution is -0.137. The molecule has 20 heavy (non-hydrogen) atoms. The minimum atomic E-state index is -4.42. The zero-order chi connectivity index (χ0) is 14.3. The Morgan fingerprint density at radius 1 is 0.950 bits per heavy atom. The van der Waals surface area contributed by atoms with Gasteiger partial charge in [0.2, 0.25) is 0 Å². The van der Waals surface area contributed by atoms with Crippen LogP contribution in [0.25, 0.3) is 16.9 Å². The van der Waals surface area contributed by atoms with Crippen LogP contribution in [-0.2, 0) is 6.18 Å². The van der Waals surface area contributed by atoms with Crippen molar-refractivity contribution in [3.8, 4) is 11.3 Å². The van der Waals surface area contributed by atoms with Gasteiger partial charge in [0.15, 0.2) is 0 Å². The van der Waals surface area contributed by atoms with Gasteiger partial charge in [0.25, 0.3) is 0 Å². The van der Waals surface area contributed by atoms with Crippen LogP contribution in [0.1, 0.15) is 5.56 Å². The van der Waals surface area contributed by atoms with Gasteiger partial charge >= 0.3 is 6.18 Å². The fourth-order valence-corrected chi connectivity index (χ4v) is 1.96. The van der Waals surface area contributed by atoms with Crippen molar-refractivity contribution in [2.45, 2.75) is 6.18 Å². The number of hydrogen-bond acceptors (Lipinski definition) is 1. The number of nitrogens with zero attached hydrogens (tertiary/aromatic N) is 2. The molecule has 0 amide bonds. The zero-order valence-electron chi connectivity index (χ0n) is 10.0. The van der Waals surface area contributed by atoms with Gasteiger partial charge in [-0.1, -0.05) is 12.1 Å². The van der Waals surface area contributed by atoms with Gasteiger partial charge in [-0.15, -0.1) is 0 Å². The third kappa shape index (κ3) is 2.13. The maximum Gasteiger partial charge on any atom is 0.417 e. The average molecular weight is 280 g/mol. The molecule has 0 radical (unpaired) electrons. The molecule has 3 rings (SSSR count). The van der Waals surface area contributed by atoms with Crippen molar-refractivity contribution in [2.75, 3.05) is 0 Å². The smallest absolute Gasteiger partial charge is 0.306 e. The molecule has 2 aromatic heterocycles. The van der Waals surface area contributed by atoms with E-state index in [0.29, 0.717) is 11.3 Å². The van der Waals surface area contributed by atoms with E-state index >= 15 is 0 Å². The normalized spacial score (nSPS) is 12.0. The first kappa shape index (κ1) is 12.7. The second-order valence-electron chi connectivity index (χ2n) is 4.29. The number of benzene rings is 1. The number of rotatable bonds is 1. The number of halogens is 4. The lowest BCUT2D eigenvalue weighted by atomic mass is 10.1. The third-order valence-corrected chi connectivity index (χ3v) is 2.93. The highest BCUT2D eigenvalue weighted by atomic mass is 19.4. The number of hydrogen-bond donors (Lipinski definition) is 0. The fraction of sp³-hybridized carbons (Fsp3) is 0.0714. The Morgan fingerprint density at radius 3 is 2.40 bits per heavy atom. The van der Waals surface area contributed by atoms with Crippen molar-refractivity contribution in [3.05, 3.63) is 60.2 Å². The average Bonchev–Trinajstić information content (AvgIpc) is 2.80. The van der Waals surface area contributed by atoms with E-state index in [9.17, 15) is 17.6 Å². The van der Waals surface area contributed by atoms with Crippen molar-refractivity contribution >= 4 is 5.65 Å². The monoisotopic (exact) mass is 280 g/mol. The highest BCUT2D eigenvalue weighted by Crippen LogP contribution is 2.30. The molecular weight excluding hydrogens is 272 g/mol. The molecule has 6 heteroatoms. The molecule has 102 valence electrons. The number of pyridine rings is 1. The van der Waals surface area contributed by atoms with Crippen LogP contribution < -0.4 is 0 Å².